The van der Waals surface area contributed by atoms with Gasteiger partial charge in [0.25, 0.3) is 5.91 Å². The molecule has 2 unspecified atom stereocenters. The fourth-order valence-electron chi connectivity index (χ4n) is 4.21. The molecule has 0 saturated carbocycles. The summed E-state index contributed by atoms with van der Waals surface area (Å²) < 4.78 is 11.6. The van der Waals surface area contributed by atoms with Gasteiger partial charge >= 0.3 is 0 Å². The van der Waals surface area contributed by atoms with E-state index >= 15 is 0 Å². The molecule has 0 radical (unpaired) electrons. The Hall–Kier alpha value is -2.28. The Morgan fingerprint density at radius 3 is 2.61 bits per heavy atom. The molecule has 2 atom stereocenters. The van der Waals surface area contributed by atoms with Crippen LogP contribution in [0.1, 0.15) is 26.2 Å². The first-order valence-electron chi connectivity index (χ1n) is 10.3. The number of amides is 2. The number of fused-ring (bicyclic) bond motifs is 1. The van der Waals surface area contributed by atoms with Gasteiger partial charge in [0.1, 0.15) is 5.75 Å². The van der Waals surface area contributed by atoms with Crippen LogP contribution in [0.3, 0.4) is 0 Å². The molecule has 28 heavy (non-hydrogen) atoms. The molecule has 7 heteroatoms. The highest BCUT2D eigenvalue weighted by Crippen LogP contribution is 2.33. The maximum atomic E-state index is 13.0. The van der Waals surface area contributed by atoms with Crippen LogP contribution in [0, 0.1) is 0 Å². The van der Waals surface area contributed by atoms with Gasteiger partial charge in [-0.25, -0.2) is 0 Å². The monoisotopic (exact) mass is 387 g/mol. The van der Waals surface area contributed by atoms with Crippen molar-refractivity contribution in [1.82, 2.24) is 9.80 Å². The molecule has 3 heterocycles. The zero-order valence-corrected chi connectivity index (χ0v) is 16.5. The number of rotatable bonds is 3. The summed E-state index contributed by atoms with van der Waals surface area (Å²) in [6, 6.07) is 7.66. The van der Waals surface area contributed by atoms with Crippen molar-refractivity contribution < 1.29 is 19.1 Å². The lowest BCUT2D eigenvalue weighted by Crippen LogP contribution is -2.54. The third-order valence-corrected chi connectivity index (χ3v) is 5.72. The van der Waals surface area contributed by atoms with E-state index in [9.17, 15) is 9.59 Å². The van der Waals surface area contributed by atoms with Gasteiger partial charge in [0.2, 0.25) is 5.91 Å². The van der Waals surface area contributed by atoms with Crippen molar-refractivity contribution in [2.24, 2.45) is 0 Å². The Kier molecular flexibility index (Phi) is 5.71. The molecule has 1 aromatic rings. The predicted molar refractivity (Wildman–Crippen MR) is 105 cm³/mol. The van der Waals surface area contributed by atoms with Gasteiger partial charge in [-0.05, 0) is 38.3 Å². The third-order valence-electron chi connectivity index (χ3n) is 5.72. The number of benzene rings is 1. The maximum Gasteiger partial charge on any atom is 0.265 e. The molecule has 0 N–H and O–H groups in total. The van der Waals surface area contributed by atoms with Crippen LogP contribution < -0.4 is 9.64 Å². The molecule has 152 valence electrons. The van der Waals surface area contributed by atoms with Crippen molar-refractivity contribution in [3.05, 3.63) is 24.3 Å². The number of ether oxygens (including phenoxy) is 2. The lowest BCUT2D eigenvalue weighted by molar-refractivity contribution is -0.140. The van der Waals surface area contributed by atoms with Crippen molar-refractivity contribution in [1.29, 1.82) is 0 Å². The minimum atomic E-state index is -0.565. The highest BCUT2D eigenvalue weighted by Gasteiger charge is 2.35. The molecule has 4 rings (SSSR count). The third kappa shape index (κ3) is 4.09. The van der Waals surface area contributed by atoms with E-state index in [2.05, 4.69) is 0 Å². The number of hydrogen-bond donors (Lipinski definition) is 0. The molecule has 1 aromatic carbocycles. The molecule has 2 amide bonds. The van der Waals surface area contributed by atoms with E-state index < -0.39 is 6.10 Å². The zero-order valence-electron chi connectivity index (χ0n) is 16.5. The standard InChI is InChI=1S/C21H29N3O4/c1-16-13-23(11-12-27-16)20(25)15-24-14-19(21(26)22-9-5-2-6-10-22)28-18-8-4-3-7-17(18)24/h3-4,7-8,16,19H,2,5-6,9-15H2,1H3. The molecular weight excluding hydrogens is 358 g/mol. The minimum Gasteiger partial charge on any atom is -0.477 e. The fraction of sp³-hybridized carbons (Fsp3) is 0.619. The molecule has 7 nitrogen and oxygen atoms in total. The van der Waals surface area contributed by atoms with E-state index in [4.69, 9.17) is 9.47 Å². The molecule has 0 spiro atoms. The van der Waals surface area contributed by atoms with Gasteiger partial charge in [0, 0.05) is 26.2 Å². The number of nitrogens with zero attached hydrogens (tertiary/aromatic N) is 3. The minimum absolute atomic E-state index is 0.0339. The Bertz CT molecular complexity index is 719. The summed E-state index contributed by atoms with van der Waals surface area (Å²) >= 11 is 0. The average Bonchev–Trinajstić information content (AvgIpc) is 2.73. The summed E-state index contributed by atoms with van der Waals surface area (Å²) in [4.78, 5) is 31.7. The molecule has 0 aliphatic carbocycles. The number of likely N-dealkylation sites (tertiary alicyclic amines) is 1. The second-order valence-corrected chi connectivity index (χ2v) is 7.86. The number of carbonyl (C=O) groups excluding carboxylic acids is 2. The quantitative estimate of drug-likeness (QED) is 0.787. The molecule has 2 saturated heterocycles. The number of carbonyl (C=O) groups is 2. The van der Waals surface area contributed by atoms with Crippen molar-refractivity contribution in [2.75, 3.05) is 50.8 Å². The largest absolute Gasteiger partial charge is 0.477 e. The SMILES string of the molecule is CC1CN(C(=O)CN2CC(C(=O)N3CCCCC3)Oc3ccccc32)CCO1. The van der Waals surface area contributed by atoms with Crippen LogP contribution in [0.5, 0.6) is 5.75 Å². The van der Waals surface area contributed by atoms with Crippen LogP contribution in [0.4, 0.5) is 5.69 Å². The lowest BCUT2D eigenvalue weighted by atomic mass is 10.1. The topological polar surface area (TPSA) is 62.3 Å². The Labute approximate surface area is 166 Å². The lowest BCUT2D eigenvalue weighted by Gasteiger charge is -2.39. The van der Waals surface area contributed by atoms with Gasteiger partial charge < -0.3 is 24.2 Å². The van der Waals surface area contributed by atoms with E-state index in [0.717, 1.165) is 31.6 Å². The number of hydrogen-bond acceptors (Lipinski definition) is 5. The molecule has 2 fully saturated rings. The van der Waals surface area contributed by atoms with E-state index in [1.807, 2.05) is 45.9 Å². The van der Waals surface area contributed by atoms with E-state index in [1.54, 1.807) is 0 Å². The van der Waals surface area contributed by atoms with Crippen LogP contribution >= 0.6 is 0 Å². The van der Waals surface area contributed by atoms with Crippen molar-refractivity contribution in [3.8, 4) is 5.75 Å². The van der Waals surface area contributed by atoms with Gasteiger partial charge in [-0.1, -0.05) is 12.1 Å². The van der Waals surface area contributed by atoms with Gasteiger partial charge in [0.05, 0.1) is 31.5 Å². The highest BCUT2D eigenvalue weighted by atomic mass is 16.5. The predicted octanol–water partition coefficient (Wildman–Crippen LogP) is 1.51. The van der Waals surface area contributed by atoms with Gasteiger partial charge in [-0.15, -0.1) is 0 Å². The Morgan fingerprint density at radius 2 is 1.82 bits per heavy atom. The zero-order chi connectivity index (χ0) is 19.5. The number of para-hydroxylation sites is 2. The summed E-state index contributed by atoms with van der Waals surface area (Å²) in [6.07, 6.45) is 2.77. The first kappa shape index (κ1) is 19.1. The summed E-state index contributed by atoms with van der Waals surface area (Å²) in [6.45, 7) is 6.02. The van der Waals surface area contributed by atoms with Crippen LogP contribution in [0.25, 0.3) is 0 Å². The second kappa shape index (κ2) is 8.39. The molecular formula is C21H29N3O4. The molecule has 3 aliphatic heterocycles. The Balaban J connectivity index is 1.49. The van der Waals surface area contributed by atoms with Crippen molar-refractivity contribution >= 4 is 17.5 Å². The van der Waals surface area contributed by atoms with E-state index in [-0.39, 0.29) is 24.5 Å². The second-order valence-electron chi connectivity index (χ2n) is 7.86. The van der Waals surface area contributed by atoms with Crippen LogP contribution in [0.2, 0.25) is 0 Å². The number of anilines is 1. The highest BCUT2D eigenvalue weighted by molar-refractivity contribution is 5.86. The summed E-state index contributed by atoms with van der Waals surface area (Å²) in [5.41, 5.74) is 0.875. The molecule has 3 aliphatic rings. The smallest absolute Gasteiger partial charge is 0.265 e. The number of morpholine rings is 1. The summed E-state index contributed by atoms with van der Waals surface area (Å²) in [7, 11) is 0. The summed E-state index contributed by atoms with van der Waals surface area (Å²) in [5, 5.41) is 0. The van der Waals surface area contributed by atoms with E-state index in [1.165, 1.54) is 6.42 Å². The van der Waals surface area contributed by atoms with Gasteiger partial charge in [-0.2, -0.15) is 0 Å². The first-order chi connectivity index (χ1) is 13.6. The Morgan fingerprint density at radius 1 is 1.04 bits per heavy atom. The fourth-order valence-corrected chi connectivity index (χ4v) is 4.21. The van der Waals surface area contributed by atoms with Crippen LogP contribution in [-0.2, 0) is 14.3 Å². The van der Waals surface area contributed by atoms with E-state index in [0.29, 0.717) is 32.0 Å². The summed E-state index contributed by atoms with van der Waals surface area (Å²) in [5.74, 6) is 0.773. The number of piperidine rings is 1. The van der Waals surface area contributed by atoms with Crippen LogP contribution in [0.15, 0.2) is 24.3 Å². The molecule has 0 aromatic heterocycles. The van der Waals surface area contributed by atoms with Crippen LogP contribution in [-0.4, -0.2) is 79.7 Å². The normalized spacial score (nSPS) is 25.1. The van der Waals surface area contributed by atoms with Gasteiger partial charge in [0.15, 0.2) is 6.10 Å². The van der Waals surface area contributed by atoms with Gasteiger partial charge in [-0.3, -0.25) is 9.59 Å². The average molecular weight is 387 g/mol. The first-order valence-corrected chi connectivity index (χ1v) is 10.3. The maximum absolute atomic E-state index is 13.0. The van der Waals surface area contributed by atoms with Crippen molar-refractivity contribution in [3.63, 3.8) is 0 Å². The molecule has 0 bridgehead atoms. The van der Waals surface area contributed by atoms with Crippen molar-refractivity contribution in [2.45, 2.75) is 38.4 Å².